The molecule has 1 heterocycles. The highest BCUT2D eigenvalue weighted by Crippen LogP contribution is 2.43. The van der Waals surface area contributed by atoms with Crippen LogP contribution in [0.4, 0.5) is 10.1 Å². The van der Waals surface area contributed by atoms with Crippen LogP contribution in [0.5, 0.6) is 0 Å². The SMILES string of the molecule is CC1(C)CC(=O)c2c3c(n(-c4cc(F)c(C(N)=O)c(N[C@H]5CC[C@H](OC(=O)CN)CC5)c4)c2C1)CCC3. The Morgan fingerprint density at radius 1 is 1.14 bits per heavy atom. The van der Waals surface area contributed by atoms with Gasteiger partial charge in [0.1, 0.15) is 11.9 Å². The Kier molecular flexibility index (Phi) is 6.60. The van der Waals surface area contributed by atoms with E-state index in [1.165, 1.54) is 6.07 Å². The van der Waals surface area contributed by atoms with E-state index in [1.54, 1.807) is 6.07 Å². The van der Waals surface area contributed by atoms with E-state index in [2.05, 4.69) is 23.7 Å². The maximum Gasteiger partial charge on any atom is 0.319 e. The Morgan fingerprint density at radius 3 is 2.54 bits per heavy atom. The molecule has 0 spiro atoms. The van der Waals surface area contributed by atoms with Gasteiger partial charge in [0, 0.05) is 29.4 Å². The number of hydrogen-bond acceptors (Lipinski definition) is 6. The molecule has 0 unspecified atom stereocenters. The zero-order valence-corrected chi connectivity index (χ0v) is 21.5. The summed E-state index contributed by atoms with van der Waals surface area (Å²) in [5.41, 5.74) is 15.4. The molecule has 1 aromatic carbocycles. The standard InChI is InChI=1S/C28H35FN4O4/c1-28(2)12-22-25(23(34)13-28)18-4-3-5-21(18)33(22)16-10-19(29)26(27(31)36)20(11-16)32-15-6-8-17(9-7-15)37-24(35)14-30/h10-11,15,17,32H,3-9,12-14,30H2,1-2H3,(H2,31,36)/t15-,17-. The number of nitrogens with two attached hydrogens (primary N) is 2. The molecule has 8 nitrogen and oxygen atoms in total. The topological polar surface area (TPSA) is 129 Å². The van der Waals surface area contributed by atoms with Crippen molar-refractivity contribution in [1.82, 2.24) is 4.57 Å². The average Bonchev–Trinajstić information content (AvgIpc) is 3.38. The normalized spacial score (nSPS) is 22.3. The fourth-order valence-corrected chi connectivity index (χ4v) is 6.40. The van der Waals surface area contributed by atoms with Crippen LogP contribution in [0.1, 0.15) is 90.0 Å². The Labute approximate surface area is 215 Å². The third-order valence-electron chi connectivity index (χ3n) is 7.96. The zero-order valence-electron chi connectivity index (χ0n) is 21.5. The monoisotopic (exact) mass is 510 g/mol. The second-order valence-electron chi connectivity index (χ2n) is 11.4. The van der Waals surface area contributed by atoms with E-state index >= 15 is 4.39 Å². The molecule has 5 N–H and O–H groups in total. The van der Waals surface area contributed by atoms with Gasteiger partial charge in [-0.2, -0.15) is 0 Å². The number of nitrogens with zero attached hydrogens (tertiary/aromatic N) is 1. The van der Waals surface area contributed by atoms with Crippen LogP contribution in [0.15, 0.2) is 12.1 Å². The lowest BCUT2D eigenvalue weighted by molar-refractivity contribution is -0.148. The van der Waals surface area contributed by atoms with Crippen LogP contribution in [0.2, 0.25) is 0 Å². The first-order chi connectivity index (χ1) is 17.6. The number of anilines is 1. The minimum absolute atomic E-state index is 0.0367. The van der Waals surface area contributed by atoms with Gasteiger partial charge < -0.3 is 26.1 Å². The molecule has 37 heavy (non-hydrogen) atoms. The number of ketones is 1. The molecule has 1 aromatic heterocycles. The fraction of sp³-hybridized carbons (Fsp3) is 0.536. The summed E-state index contributed by atoms with van der Waals surface area (Å²) in [4.78, 5) is 36.9. The molecular weight excluding hydrogens is 475 g/mol. The van der Waals surface area contributed by atoms with E-state index < -0.39 is 17.7 Å². The van der Waals surface area contributed by atoms with Crippen LogP contribution in [-0.4, -0.2) is 40.9 Å². The summed E-state index contributed by atoms with van der Waals surface area (Å²) in [6.07, 6.45) is 6.32. The molecule has 5 rings (SSSR count). The molecular formula is C28H35FN4O4. The van der Waals surface area contributed by atoms with Gasteiger partial charge in [0.2, 0.25) is 0 Å². The average molecular weight is 511 g/mol. The predicted octanol–water partition coefficient (Wildman–Crippen LogP) is 3.58. The minimum atomic E-state index is -0.840. The van der Waals surface area contributed by atoms with Gasteiger partial charge in [-0.25, -0.2) is 4.39 Å². The quantitative estimate of drug-likeness (QED) is 0.510. The van der Waals surface area contributed by atoms with Crippen LogP contribution < -0.4 is 16.8 Å². The molecule has 0 saturated heterocycles. The smallest absolute Gasteiger partial charge is 0.319 e. The van der Waals surface area contributed by atoms with E-state index in [9.17, 15) is 14.4 Å². The van der Waals surface area contributed by atoms with Gasteiger partial charge in [-0.3, -0.25) is 14.4 Å². The van der Waals surface area contributed by atoms with Gasteiger partial charge in [0.25, 0.3) is 5.91 Å². The number of hydrogen-bond donors (Lipinski definition) is 3. The highest BCUT2D eigenvalue weighted by atomic mass is 19.1. The van der Waals surface area contributed by atoms with Crippen LogP contribution >= 0.6 is 0 Å². The number of carbonyl (C=O) groups is 3. The predicted molar refractivity (Wildman–Crippen MR) is 138 cm³/mol. The molecule has 198 valence electrons. The molecule has 1 saturated carbocycles. The number of benzene rings is 1. The van der Waals surface area contributed by atoms with E-state index in [1.807, 2.05) is 0 Å². The van der Waals surface area contributed by atoms with Crippen molar-refractivity contribution < 1.29 is 23.5 Å². The van der Waals surface area contributed by atoms with Crippen molar-refractivity contribution in [2.24, 2.45) is 16.9 Å². The van der Waals surface area contributed by atoms with Crippen molar-refractivity contribution in [1.29, 1.82) is 0 Å². The Balaban J connectivity index is 1.51. The number of rotatable bonds is 6. The van der Waals surface area contributed by atoms with Crippen molar-refractivity contribution in [3.8, 4) is 5.69 Å². The summed E-state index contributed by atoms with van der Waals surface area (Å²) < 4.78 is 22.9. The summed E-state index contributed by atoms with van der Waals surface area (Å²) in [6, 6.07) is 3.11. The van der Waals surface area contributed by atoms with E-state index in [0.717, 1.165) is 41.8 Å². The third-order valence-corrected chi connectivity index (χ3v) is 7.96. The number of aromatic nitrogens is 1. The molecule has 2 aromatic rings. The highest BCUT2D eigenvalue weighted by Gasteiger charge is 2.39. The van der Waals surface area contributed by atoms with Gasteiger partial charge in [-0.1, -0.05) is 13.8 Å². The summed E-state index contributed by atoms with van der Waals surface area (Å²) in [6.45, 7) is 4.02. The molecule has 3 aliphatic carbocycles. The van der Waals surface area contributed by atoms with Gasteiger partial charge in [-0.15, -0.1) is 0 Å². The van der Waals surface area contributed by atoms with Crippen LogP contribution in [0, 0.1) is 11.2 Å². The van der Waals surface area contributed by atoms with E-state index in [0.29, 0.717) is 49.9 Å². The number of fused-ring (bicyclic) bond motifs is 3. The van der Waals surface area contributed by atoms with E-state index in [-0.39, 0.29) is 35.5 Å². The van der Waals surface area contributed by atoms with E-state index in [4.69, 9.17) is 16.2 Å². The summed E-state index contributed by atoms with van der Waals surface area (Å²) in [7, 11) is 0. The molecule has 0 bridgehead atoms. The fourth-order valence-electron chi connectivity index (χ4n) is 6.40. The first kappa shape index (κ1) is 25.4. The lowest BCUT2D eigenvalue weighted by Gasteiger charge is -2.31. The molecule has 9 heteroatoms. The van der Waals surface area contributed by atoms with Gasteiger partial charge in [0.15, 0.2) is 5.78 Å². The Morgan fingerprint density at radius 2 is 1.86 bits per heavy atom. The number of halogens is 1. The van der Waals surface area contributed by atoms with Gasteiger partial charge >= 0.3 is 5.97 Å². The molecule has 1 amide bonds. The first-order valence-corrected chi connectivity index (χ1v) is 13.2. The molecule has 1 fully saturated rings. The van der Waals surface area contributed by atoms with Gasteiger partial charge in [-0.05, 0) is 74.5 Å². The summed E-state index contributed by atoms with van der Waals surface area (Å²) in [5, 5.41) is 3.35. The number of nitrogens with one attached hydrogen (secondary N) is 1. The zero-order chi connectivity index (χ0) is 26.5. The van der Waals surface area contributed by atoms with Crippen LogP contribution in [-0.2, 0) is 28.8 Å². The number of ether oxygens (including phenoxy) is 1. The van der Waals surface area contributed by atoms with Crippen molar-refractivity contribution >= 4 is 23.3 Å². The van der Waals surface area contributed by atoms with Crippen molar-refractivity contribution in [2.75, 3.05) is 11.9 Å². The second kappa shape index (κ2) is 9.59. The number of Topliss-reactive ketones (excluding diaryl/α,β-unsaturated/α-hetero) is 1. The number of amides is 1. The lowest BCUT2D eigenvalue weighted by atomic mass is 9.75. The maximum absolute atomic E-state index is 15.5. The highest BCUT2D eigenvalue weighted by molar-refractivity contribution is 6.01. The molecule has 0 aliphatic heterocycles. The number of carbonyl (C=O) groups excluding carboxylic acids is 3. The second-order valence-corrected chi connectivity index (χ2v) is 11.4. The Hall–Kier alpha value is -3.20. The van der Waals surface area contributed by atoms with Crippen molar-refractivity contribution in [2.45, 2.75) is 83.8 Å². The number of esters is 1. The molecule has 0 atom stereocenters. The molecule has 0 radical (unpaired) electrons. The largest absolute Gasteiger partial charge is 0.461 e. The summed E-state index contributed by atoms with van der Waals surface area (Å²) in [5.74, 6) is -1.80. The van der Waals surface area contributed by atoms with Crippen LogP contribution in [0.25, 0.3) is 5.69 Å². The number of primary amides is 1. The molecule has 3 aliphatic rings. The first-order valence-electron chi connectivity index (χ1n) is 13.2. The van der Waals surface area contributed by atoms with Crippen molar-refractivity contribution in [3.05, 3.63) is 46.0 Å². The minimum Gasteiger partial charge on any atom is -0.461 e. The van der Waals surface area contributed by atoms with Crippen LogP contribution in [0.3, 0.4) is 0 Å². The maximum atomic E-state index is 15.5. The lowest BCUT2D eigenvalue weighted by Crippen LogP contribution is -2.33. The summed E-state index contributed by atoms with van der Waals surface area (Å²) >= 11 is 0. The Bertz CT molecular complexity index is 1270. The van der Waals surface area contributed by atoms with Crippen molar-refractivity contribution in [3.63, 3.8) is 0 Å². The third kappa shape index (κ3) is 4.77. The van der Waals surface area contributed by atoms with Gasteiger partial charge in [0.05, 0.1) is 23.5 Å².